The van der Waals surface area contributed by atoms with Crippen molar-refractivity contribution in [3.8, 4) is 5.75 Å². The normalized spacial score (nSPS) is 19.5. The third-order valence-electron chi connectivity index (χ3n) is 5.30. The molecule has 30 heavy (non-hydrogen) atoms. The molecule has 0 radical (unpaired) electrons. The van der Waals surface area contributed by atoms with Crippen molar-refractivity contribution >= 4 is 38.9 Å². The van der Waals surface area contributed by atoms with Gasteiger partial charge in [-0.05, 0) is 35.9 Å². The Bertz CT molecular complexity index is 1180. The first kappa shape index (κ1) is 19.1. The molecular formula is C22H15BrClN3O3. The van der Waals surface area contributed by atoms with Crippen molar-refractivity contribution in [2.75, 3.05) is 0 Å². The second-order valence-electron chi connectivity index (χ2n) is 7.16. The Labute approximate surface area is 186 Å². The average molecular weight is 485 g/mol. The standard InChI is InChI=1S/C22H15BrClN3O3/c23-15-6-4-13(5-7-15)19-12-20-18-11-16(24)8-9-21(18)30-22(26(20)25-19)14-2-1-3-17(10-14)27(28)29/h1-11,20,22H,12H2/t20-,22-/m1/s1. The van der Waals surface area contributed by atoms with E-state index in [1.54, 1.807) is 12.1 Å². The van der Waals surface area contributed by atoms with E-state index in [9.17, 15) is 10.1 Å². The van der Waals surface area contributed by atoms with Crippen molar-refractivity contribution in [1.82, 2.24) is 5.01 Å². The number of non-ortho nitro benzene ring substituents is 1. The number of hydrogen-bond acceptors (Lipinski definition) is 5. The lowest BCUT2D eigenvalue weighted by molar-refractivity contribution is -0.385. The van der Waals surface area contributed by atoms with Crippen molar-refractivity contribution in [1.29, 1.82) is 0 Å². The van der Waals surface area contributed by atoms with E-state index in [-0.39, 0.29) is 11.7 Å². The Morgan fingerprint density at radius 3 is 2.70 bits per heavy atom. The van der Waals surface area contributed by atoms with Crippen LogP contribution in [0.5, 0.6) is 5.75 Å². The zero-order chi connectivity index (χ0) is 20.8. The van der Waals surface area contributed by atoms with Crippen LogP contribution in [0, 0.1) is 10.1 Å². The Morgan fingerprint density at radius 1 is 1.13 bits per heavy atom. The monoisotopic (exact) mass is 483 g/mol. The van der Waals surface area contributed by atoms with Crippen LogP contribution in [0.1, 0.15) is 35.4 Å². The Balaban J connectivity index is 1.60. The molecule has 0 spiro atoms. The molecule has 150 valence electrons. The molecule has 0 N–H and O–H groups in total. The van der Waals surface area contributed by atoms with E-state index in [0.717, 1.165) is 21.3 Å². The van der Waals surface area contributed by atoms with Crippen molar-refractivity contribution in [3.63, 3.8) is 0 Å². The first-order chi connectivity index (χ1) is 14.5. The Hall–Kier alpha value is -2.90. The lowest BCUT2D eigenvalue weighted by Crippen LogP contribution is -2.33. The van der Waals surface area contributed by atoms with Gasteiger partial charge >= 0.3 is 0 Å². The molecule has 5 rings (SSSR count). The molecule has 3 aromatic carbocycles. The molecule has 2 atom stereocenters. The second kappa shape index (κ2) is 7.41. The third kappa shape index (κ3) is 3.34. The van der Waals surface area contributed by atoms with Gasteiger partial charge in [-0.2, -0.15) is 5.10 Å². The fourth-order valence-corrected chi connectivity index (χ4v) is 4.33. The fraction of sp³-hybridized carbons (Fsp3) is 0.136. The van der Waals surface area contributed by atoms with Crippen LogP contribution in [0.25, 0.3) is 0 Å². The van der Waals surface area contributed by atoms with E-state index in [4.69, 9.17) is 21.4 Å². The fourth-order valence-electron chi connectivity index (χ4n) is 3.89. The minimum absolute atomic E-state index is 0.0193. The number of ether oxygens (including phenoxy) is 1. The molecule has 3 aromatic rings. The van der Waals surface area contributed by atoms with Crippen LogP contribution in [-0.2, 0) is 0 Å². The molecule has 2 heterocycles. The summed E-state index contributed by atoms with van der Waals surface area (Å²) < 4.78 is 7.25. The van der Waals surface area contributed by atoms with Gasteiger partial charge in [-0.25, -0.2) is 5.01 Å². The van der Waals surface area contributed by atoms with Gasteiger partial charge in [0.25, 0.3) is 5.69 Å². The predicted molar refractivity (Wildman–Crippen MR) is 118 cm³/mol. The van der Waals surface area contributed by atoms with Gasteiger partial charge in [-0.1, -0.05) is 51.8 Å². The molecule has 0 saturated heterocycles. The van der Waals surface area contributed by atoms with Crippen LogP contribution < -0.4 is 4.74 Å². The molecule has 2 aliphatic rings. The molecule has 0 aliphatic carbocycles. The second-order valence-corrected chi connectivity index (χ2v) is 8.51. The molecule has 0 saturated carbocycles. The summed E-state index contributed by atoms with van der Waals surface area (Å²) in [5.41, 5.74) is 3.61. The summed E-state index contributed by atoms with van der Waals surface area (Å²) >= 11 is 9.72. The largest absolute Gasteiger partial charge is 0.464 e. The van der Waals surface area contributed by atoms with Crippen LogP contribution >= 0.6 is 27.5 Å². The van der Waals surface area contributed by atoms with Crippen LogP contribution in [0.2, 0.25) is 5.02 Å². The molecule has 2 aliphatic heterocycles. The highest BCUT2D eigenvalue weighted by Crippen LogP contribution is 2.48. The highest BCUT2D eigenvalue weighted by atomic mass is 79.9. The van der Waals surface area contributed by atoms with E-state index in [1.165, 1.54) is 12.1 Å². The minimum atomic E-state index is -0.573. The molecule has 6 nitrogen and oxygen atoms in total. The highest BCUT2D eigenvalue weighted by molar-refractivity contribution is 9.10. The molecule has 0 unspecified atom stereocenters. The first-order valence-electron chi connectivity index (χ1n) is 9.32. The van der Waals surface area contributed by atoms with E-state index in [0.29, 0.717) is 22.8 Å². The van der Waals surface area contributed by atoms with Gasteiger partial charge in [-0.3, -0.25) is 10.1 Å². The number of nitrogens with zero attached hydrogens (tertiary/aromatic N) is 3. The van der Waals surface area contributed by atoms with Gasteiger partial charge in [0.2, 0.25) is 6.23 Å². The number of benzene rings is 3. The zero-order valence-corrected chi connectivity index (χ0v) is 17.9. The van der Waals surface area contributed by atoms with E-state index >= 15 is 0 Å². The first-order valence-corrected chi connectivity index (χ1v) is 10.5. The minimum Gasteiger partial charge on any atom is -0.464 e. The van der Waals surface area contributed by atoms with E-state index < -0.39 is 11.2 Å². The third-order valence-corrected chi connectivity index (χ3v) is 6.06. The van der Waals surface area contributed by atoms with Crippen molar-refractivity contribution in [2.45, 2.75) is 18.7 Å². The number of nitro benzene ring substituents is 1. The number of hydrogen-bond donors (Lipinski definition) is 0. The molecular weight excluding hydrogens is 470 g/mol. The summed E-state index contributed by atoms with van der Waals surface area (Å²) in [5, 5.41) is 18.6. The maximum Gasteiger partial charge on any atom is 0.269 e. The van der Waals surface area contributed by atoms with Crippen molar-refractivity contribution in [2.24, 2.45) is 5.10 Å². The quantitative estimate of drug-likeness (QED) is 0.325. The van der Waals surface area contributed by atoms with Crippen LogP contribution in [0.4, 0.5) is 5.69 Å². The number of rotatable bonds is 3. The molecule has 0 amide bonds. The maximum atomic E-state index is 11.3. The molecule has 0 fully saturated rings. The Kier molecular flexibility index (Phi) is 4.72. The number of hydrazone groups is 1. The average Bonchev–Trinajstić information content (AvgIpc) is 3.19. The van der Waals surface area contributed by atoms with Gasteiger partial charge < -0.3 is 4.74 Å². The predicted octanol–water partition coefficient (Wildman–Crippen LogP) is 6.25. The van der Waals surface area contributed by atoms with E-state index in [1.807, 2.05) is 47.5 Å². The number of halogens is 2. The SMILES string of the molecule is O=[N+]([O-])c1cccc([C@H]2Oc3ccc(Cl)cc3[C@H]3CC(c4ccc(Br)cc4)=NN32)c1. The van der Waals surface area contributed by atoms with Crippen LogP contribution in [0.15, 0.2) is 76.3 Å². The summed E-state index contributed by atoms with van der Waals surface area (Å²) in [5.74, 6) is 0.712. The van der Waals surface area contributed by atoms with Crippen LogP contribution in [0.3, 0.4) is 0 Å². The summed E-state index contributed by atoms with van der Waals surface area (Å²) in [7, 11) is 0. The van der Waals surface area contributed by atoms with Crippen molar-refractivity contribution in [3.05, 3.63) is 103 Å². The van der Waals surface area contributed by atoms with Gasteiger partial charge in [-0.15, -0.1) is 0 Å². The summed E-state index contributed by atoms with van der Waals surface area (Å²) in [6.45, 7) is 0. The topological polar surface area (TPSA) is 68.0 Å². The lowest BCUT2D eigenvalue weighted by atomic mass is 9.96. The zero-order valence-electron chi connectivity index (χ0n) is 15.5. The lowest BCUT2D eigenvalue weighted by Gasteiger charge is -2.38. The molecule has 0 bridgehead atoms. The number of nitro groups is 1. The van der Waals surface area contributed by atoms with Gasteiger partial charge in [0, 0.05) is 39.2 Å². The molecule has 8 heteroatoms. The van der Waals surface area contributed by atoms with Gasteiger partial charge in [0.1, 0.15) is 5.75 Å². The summed E-state index contributed by atoms with van der Waals surface area (Å²) in [4.78, 5) is 10.9. The summed E-state index contributed by atoms with van der Waals surface area (Å²) in [6, 6.07) is 19.9. The van der Waals surface area contributed by atoms with Gasteiger partial charge in [0.05, 0.1) is 16.7 Å². The highest BCUT2D eigenvalue weighted by Gasteiger charge is 2.41. The summed E-state index contributed by atoms with van der Waals surface area (Å²) in [6.07, 6.45) is 0.112. The van der Waals surface area contributed by atoms with E-state index in [2.05, 4.69) is 15.9 Å². The maximum absolute atomic E-state index is 11.3. The van der Waals surface area contributed by atoms with Crippen molar-refractivity contribution < 1.29 is 9.66 Å². The van der Waals surface area contributed by atoms with Gasteiger partial charge in [0.15, 0.2) is 0 Å². The smallest absolute Gasteiger partial charge is 0.269 e. The molecule has 0 aromatic heterocycles. The number of fused-ring (bicyclic) bond motifs is 3. The van der Waals surface area contributed by atoms with Crippen LogP contribution in [-0.4, -0.2) is 15.6 Å². The Morgan fingerprint density at radius 2 is 1.93 bits per heavy atom.